The van der Waals surface area contributed by atoms with Gasteiger partial charge in [-0.2, -0.15) is 0 Å². The summed E-state index contributed by atoms with van der Waals surface area (Å²) in [6.07, 6.45) is 4.70. The second kappa shape index (κ2) is 7.31. The molecule has 0 aliphatic carbocycles. The number of carboxylic acids is 1. The molecule has 0 fully saturated rings. The van der Waals surface area contributed by atoms with Crippen LogP contribution in [0.25, 0.3) is 0 Å². The molecule has 7 nitrogen and oxygen atoms in total. The lowest BCUT2D eigenvalue weighted by molar-refractivity contribution is -0.137. The number of hydrogen-bond donors (Lipinski definition) is 3. The Morgan fingerprint density at radius 2 is 2.28 bits per heavy atom. The lowest BCUT2D eigenvalue weighted by Crippen LogP contribution is -2.37. The van der Waals surface area contributed by atoms with Gasteiger partial charge in [-0.1, -0.05) is 0 Å². The van der Waals surface area contributed by atoms with E-state index in [0.29, 0.717) is 25.9 Å². The van der Waals surface area contributed by atoms with E-state index in [1.165, 1.54) is 4.90 Å². The normalized spacial score (nSPS) is 10.1. The summed E-state index contributed by atoms with van der Waals surface area (Å²) >= 11 is 0. The number of rotatable bonds is 7. The molecule has 0 atom stereocenters. The van der Waals surface area contributed by atoms with Crippen molar-refractivity contribution in [1.82, 2.24) is 20.2 Å². The summed E-state index contributed by atoms with van der Waals surface area (Å²) in [5.41, 5.74) is 0. The van der Waals surface area contributed by atoms with Crippen molar-refractivity contribution < 1.29 is 14.7 Å². The molecule has 0 saturated heterocycles. The van der Waals surface area contributed by atoms with E-state index in [1.807, 2.05) is 0 Å². The van der Waals surface area contributed by atoms with Crippen LogP contribution in [0.1, 0.15) is 25.1 Å². The predicted molar refractivity (Wildman–Crippen MR) is 64.9 cm³/mol. The van der Waals surface area contributed by atoms with E-state index in [0.717, 1.165) is 5.82 Å². The summed E-state index contributed by atoms with van der Waals surface area (Å²) in [4.78, 5) is 30.3. The average molecular weight is 254 g/mol. The number of aromatic nitrogens is 2. The van der Waals surface area contributed by atoms with Gasteiger partial charge in [0.25, 0.3) is 0 Å². The number of imidazole rings is 1. The molecule has 0 aliphatic rings. The van der Waals surface area contributed by atoms with Gasteiger partial charge in [-0.05, 0) is 12.8 Å². The molecule has 1 aromatic heterocycles. The first kappa shape index (κ1) is 14.0. The second-order valence-electron chi connectivity index (χ2n) is 3.97. The topological polar surface area (TPSA) is 98.3 Å². The molecule has 18 heavy (non-hydrogen) atoms. The summed E-state index contributed by atoms with van der Waals surface area (Å²) in [7, 11) is 1.68. The van der Waals surface area contributed by atoms with E-state index in [9.17, 15) is 9.59 Å². The molecule has 0 bridgehead atoms. The number of carboxylic acid groups (broad SMARTS) is 1. The Balaban J connectivity index is 2.14. The van der Waals surface area contributed by atoms with Crippen LogP contribution in [0.2, 0.25) is 0 Å². The van der Waals surface area contributed by atoms with Crippen LogP contribution in [-0.2, 0) is 11.3 Å². The van der Waals surface area contributed by atoms with Gasteiger partial charge in [0.15, 0.2) is 0 Å². The first-order chi connectivity index (χ1) is 8.59. The molecular formula is C11H18N4O3. The van der Waals surface area contributed by atoms with Crippen LogP contribution in [0.4, 0.5) is 4.79 Å². The van der Waals surface area contributed by atoms with Crippen LogP contribution in [0.15, 0.2) is 12.4 Å². The number of amides is 2. The second-order valence-corrected chi connectivity index (χ2v) is 3.97. The molecular weight excluding hydrogens is 236 g/mol. The van der Waals surface area contributed by atoms with Crippen molar-refractivity contribution in [3.8, 4) is 0 Å². The van der Waals surface area contributed by atoms with E-state index in [4.69, 9.17) is 5.11 Å². The Labute approximate surface area is 105 Å². The maximum Gasteiger partial charge on any atom is 0.317 e. The van der Waals surface area contributed by atoms with E-state index in [2.05, 4.69) is 15.3 Å². The van der Waals surface area contributed by atoms with Crippen molar-refractivity contribution in [3.05, 3.63) is 18.2 Å². The highest BCUT2D eigenvalue weighted by atomic mass is 16.4. The number of aromatic amines is 1. The first-order valence-electron chi connectivity index (χ1n) is 5.78. The Bertz CT molecular complexity index is 378. The number of nitrogens with zero attached hydrogens (tertiary/aromatic N) is 2. The van der Waals surface area contributed by atoms with E-state index in [1.54, 1.807) is 19.4 Å². The van der Waals surface area contributed by atoms with Crippen LogP contribution in [-0.4, -0.2) is 45.6 Å². The molecule has 0 aromatic carbocycles. The molecule has 3 N–H and O–H groups in total. The minimum atomic E-state index is -0.809. The monoisotopic (exact) mass is 254 g/mol. The van der Waals surface area contributed by atoms with Crippen molar-refractivity contribution in [2.45, 2.75) is 25.8 Å². The van der Waals surface area contributed by atoms with Crippen molar-refractivity contribution in [1.29, 1.82) is 0 Å². The Morgan fingerprint density at radius 1 is 1.50 bits per heavy atom. The van der Waals surface area contributed by atoms with Gasteiger partial charge in [-0.25, -0.2) is 9.78 Å². The molecule has 7 heteroatoms. The van der Waals surface area contributed by atoms with Crippen LogP contribution >= 0.6 is 0 Å². The standard InChI is InChI=1S/C11H18N4O3/c1-15(8-9-12-6-7-13-9)11(18)14-5-3-2-4-10(16)17/h6-7H,2-5,8H2,1H3,(H,12,13)(H,14,18)(H,16,17). The quantitative estimate of drug-likeness (QED) is 0.627. The van der Waals surface area contributed by atoms with Crippen LogP contribution < -0.4 is 5.32 Å². The highest BCUT2D eigenvalue weighted by molar-refractivity contribution is 5.73. The molecule has 1 heterocycles. The SMILES string of the molecule is CN(Cc1ncc[nH]1)C(=O)NCCCCC(=O)O. The maximum atomic E-state index is 11.6. The average Bonchev–Trinajstić information content (AvgIpc) is 2.80. The number of unbranched alkanes of at least 4 members (excludes halogenated alkanes) is 1. The summed E-state index contributed by atoms with van der Waals surface area (Å²) in [6.45, 7) is 0.891. The van der Waals surface area contributed by atoms with Gasteiger partial charge in [0.05, 0.1) is 6.54 Å². The molecule has 100 valence electrons. The predicted octanol–water partition coefficient (Wildman–Crippen LogP) is 0.806. The van der Waals surface area contributed by atoms with Gasteiger partial charge in [0, 0.05) is 32.4 Å². The van der Waals surface area contributed by atoms with Crippen molar-refractivity contribution in [3.63, 3.8) is 0 Å². The third kappa shape index (κ3) is 5.33. The van der Waals surface area contributed by atoms with Crippen LogP contribution in [0, 0.1) is 0 Å². The minimum absolute atomic E-state index is 0.137. The third-order valence-electron chi connectivity index (χ3n) is 2.38. The van der Waals surface area contributed by atoms with Gasteiger partial charge >= 0.3 is 12.0 Å². The van der Waals surface area contributed by atoms with Crippen LogP contribution in [0.5, 0.6) is 0 Å². The summed E-state index contributed by atoms with van der Waals surface area (Å²) in [6, 6.07) is -0.193. The molecule has 0 spiro atoms. The zero-order valence-corrected chi connectivity index (χ0v) is 10.3. The fourth-order valence-corrected chi connectivity index (χ4v) is 1.41. The summed E-state index contributed by atoms with van der Waals surface area (Å²) in [5, 5.41) is 11.2. The highest BCUT2D eigenvalue weighted by Gasteiger charge is 2.09. The van der Waals surface area contributed by atoms with Gasteiger partial charge in [-0.3, -0.25) is 4.79 Å². The Kier molecular flexibility index (Phi) is 5.69. The fourth-order valence-electron chi connectivity index (χ4n) is 1.41. The van der Waals surface area contributed by atoms with Gasteiger partial charge in [0.1, 0.15) is 5.82 Å². The third-order valence-corrected chi connectivity index (χ3v) is 2.38. The van der Waals surface area contributed by atoms with Crippen LogP contribution in [0.3, 0.4) is 0 Å². The van der Waals surface area contributed by atoms with Crippen molar-refractivity contribution in [2.75, 3.05) is 13.6 Å². The molecule has 0 aliphatic heterocycles. The number of carbonyl (C=O) groups is 2. The van der Waals surface area contributed by atoms with Gasteiger partial charge < -0.3 is 20.3 Å². The van der Waals surface area contributed by atoms with Gasteiger partial charge in [0.2, 0.25) is 0 Å². The number of aliphatic carboxylic acids is 1. The first-order valence-corrected chi connectivity index (χ1v) is 5.78. The highest BCUT2D eigenvalue weighted by Crippen LogP contribution is 1.97. The minimum Gasteiger partial charge on any atom is -0.481 e. The number of nitrogens with one attached hydrogen (secondary N) is 2. The Morgan fingerprint density at radius 3 is 2.89 bits per heavy atom. The number of hydrogen-bond acceptors (Lipinski definition) is 3. The molecule has 0 radical (unpaired) electrons. The smallest absolute Gasteiger partial charge is 0.317 e. The Hall–Kier alpha value is -2.05. The lowest BCUT2D eigenvalue weighted by atomic mass is 10.2. The van der Waals surface area contributed by atoms with E-state index >= 15 is 0 Å². The lowest BCUT2D eigenvalue weighted by Gasteiger charge is -2.16. The van der Waals surface area contributed by atoms with Crippen molar-refractivity contribution in [2.24, 2.45) is 0 Å². The van der Waals surface area contributed by atoms with Crippen molar-refractivity contribution >= 4 is 12.0 Å². The van der Waals surface area contributed by atoms with Gasteiger partial charge in [-0.15, -0.1) is 0 Å². The molecule has 1 rings (SSSR count). The summed E-state index contributed by atoms with van der Waals surface area (Å²) < 4.78 is 0. The maximum absolute atomic E-state index is 11.6. The zero-order valence-electron chi connectivity index (χ0n) is 10.3. The fraction of sp³-hybridized carbons (Fsp3) is 0.545. The molecule has 0 unspecified atom stereocenters. The molecule has 2 amide bonds. The van der Waals surface area contributed by atoms with E-state index < -0.39 is 5.97 Å². The zero-order chi connectivity index (χ0) is 13.4. The number of H-pyrrole nitrogens is 1. The number of carbonyl (C=O) groups excluding carboxylic acids is 1. The molecule has 1 aromatic rings. The van der Waals surface area contributed by atoms with E-state index in [-0.39, 0.29) is 12.5 Å². The molecule has 0 saturated carbocycles. The summed E-state index contributed by atoms with van der Waals surface area (Å²) in [5.74, 6) is -0.0882. The largest absolute Gasteiger partial charge is 0.481 e. The number of urea groups is 1.